The van der Waals surface area contributed by atoms with Crippen LogP contribution < -0.4 is 5.32 Å². The van der Waals surface area contributed by atoms with E-state index in [2.05, 4.69) is 21.2 Å². The van der Waals surface area contributed by atoms with E-state index in [4.69, 9.17) is 0 Å². The van der Waals surface area contributed by atoms with E-state index in [0.29, 0.717) is 23.0 Å². The lowest BCUT2D eigenvalue weighted by atomic mass is 10.1. The normalized spacial score (nSPS) is 10.6. The smallest absolute Gasteiger partial charge is 0.277 e. The number of nitro groups is 1. The molecular weight excluding hydrogens is 300 g/mol. The Kier molecular flexibility index (Phi) is 5.51. The van der Waals surface area contributed by atoms with Crippen LogP contribution in [0.3, 0.4) is 0 Å². The second-order valence-corrected chi connectivity index (χ2v) is 4.55. The molecule has 1 aromatic carbocycles. The average molecular weight is 313 g/mol. The van der Waals surface area contributed by atoms with E-state index in [1.165, 1.54) is 13.0 Å². The summed E-state index contributed by atoms with van der Waals surface area (Å²) in [5.74, 6) is -0.0852. The first-order valence-corrected chi connectivity index (χ1v) is 6.15. The van der Waals surface area contributed by atoms with Crippen molar-refractivity contribution in [2.24, 2.45) is 0 Å². The standard InChI is InChI=1S/C12H13BrN2O3/c1-9(16)14-7-3-2-4-10-5-6-11(13)8-12(10)15(17)18/h2,4-6,8H,3,7H2,1H3,(H,14,16). The number of nitro benzene ring substituents is 1. The van der Waals surface area contributed by atoms with Gasteiger partial charge in [-0.2, -0.15) is 0 Å². The number of nitrogens with zero attached hydrogens (tertiary/aromatic N) is 1. The third-order valence-corrected chi connectivity index (χ3v) is 2.66. The molecule has 0 fully saturated rings. The number of amides is 1. The number of rotatable bonds is 5. The molecule has 0 radical (unpaired) electrons. The van der Waals surface area contributed by atoms with Gasteiger partial charge in [0.2, 0.25) is 5.91 Å². The molecule has 0 aromatic heterocycles. The van der Waals surface area contributed by atoms with Crippen molar-refractivity contribution in [3.63, 3.8) is 0 Å². The summed E-state index contributed by atoms with van der Waals surface area (Å²) in [6.07, 6.45) is 4.12. The van der Waals surface area contributed by atoms with E-state index in [-0.39, 0.29) is 11.6 Å². The van der Waals surface area contributed by atoms with E-state index in [1.807, 2.05) is 0 Å². The highest BCUT2D eigenvalue weighted by Gasteiger charge is 2.11. The van der Waals surface area contributed by atoms with Crippen LogP contribution in [0.1, 0.15) is 18.9 Å². The van der Waals surface area contributed by atoms with Gasteiger partial charge < -0.3 is 5.32 Å². The van der Waals surface area contributed by atoms with Gasteiger partial charge in [0, 0.05) is 24.0 Å². The molecule has 1 rings (SSSR count). The first-order chi connectivity index (χ1) is 8.50. The highest BCUT2D eigenvalue weighted by molar-refractivity contribution is 9.10. The SMILES string of the molecule is CC(=O)NCCC=Cc1ccc(Br)cc1[N+](=O)[O-]. The van der Waals surface area contributed by atoms with E-state index in [0.717, 1.165) is 0 Å². The van der Waals surface area contributed by atoms with E-state index in [9.17, 15) is 14.9 Å². The Balaban J connectivity index is 2.69. The number of benzene rings is 1. The predicted molar refractivity (Wildman–Crippen MR) is 73.1 cm³/mol. The molecule has 0 aliphatic carbocycles. The molecule has 5 nitrogen and oxygen atoms in total. The van der Waals surface area contributed by atoms with Gasteiger partial charge in [-0.3, -0.25) is 14.9 Å². The Bertz CT molecular complexity index is 486. The second kappa shape index (κ2) is 6.90. The molecule has 1 aromatic rings. The summed E-state index contributed by atoms with van der Waals surface area (Å²) < 4.78 is 0.671. The Morgan fingerprint density at radius 2 is 2.28 bits per heavy atom. The summed E-state index contributed by atoms with van der Waals surface area (Å²) in [6.45, 7) is 1.97. The molecule has 1 amide bonds. The lowest BCUT2D eigenvalue weighted by Crippen LogP contribution is -2.20. The number of carbonyl (C=O) groups excluding carboxylic acids is 1. The van der Waals surface area contributed by atoms with Crippen LogP contribution in [0, 0.1) is 10.1 Å². The van der Waals surface area contributed by atoms with Crippen LogP contribution in [-0.4, -0.2) is 17.4 Å². The Morgan fingerprint density at radius 3 is 2.89 bits per heavy atom. The fourth-order valence-corrected chi connectivity index (χ4v) is 1.71. The van der Waals surface area contributed by atoms with Crippen molar-refractivity contribution in [2.75, 3.05) is 6.54 Å². The molecule has 0 spiro atoms. The van der Waals surface area contributed by atoms with Crippen LogP contribution in [0.2, 0.25) is 0 Å². The van der Waals surface area contributed by atoms with Crippen LogP contribution in [-0.2, 0) is 4.79 Å². The highest BCUT2D eigenvalue weighted by atomic mass is 79.9. The molecule has 0 aliphatic rings. The van der Waals surface area contributed by atoms with E-state index >= 15 is 0 Å². The zero-order chi connectivity index (χ0) is 13.5. The van der Waals surface area contributed by atoms with Gasteiger partial charge in [-0.25, -0.2) is 0 Å². The average Bonchev–Trinajstić information content (AvgIpc) is 2.29. The quantitative estimate of drug-likeness (QED) is 0.516. The molecular formula is C12H13BrN2O3. The molecule has 96 valence electrons. The molecule has 0 saturated carbocycles. The summed E-state index contributed by atoms with van der Waals surface area (Å²) in [5, 5.41) is 13.5. The largest absolute Gasteiger partial charge is 0.356 e. The van der Waals surface area contributed by atoms with Gasteiger partial charge in [0.1, 0.15) is 0 Å². The van der Waals surface area contributed by atoms with E-state index in [1.54, 1.807) is 24.3 Å². The number of nitrogens with one attached hydrogen (secondary N) is 1. The Labute approximate surface area is 113 Å². The van der Waals surface area contributed by atoms with Gasteiger partial charge in [0.25, 0.3) is 5.69 Å². The monoisotopic (exact) mass is 312 g/mol. The first-order valence-electron chi connectivity index (χ1n) is 5.35. The van der Waals surface area contributed by atoms with Crippen LogP contribution in [0.4, 0.5) is 5.69 Å². The topological polar surface area (TPSA) is 72.2 Å². The Hall–Kier alpha value is -1.69. The third-order valence-electron chi connectivity index (χ3n) is 2.17. The van der Waals surface area contributed by atoms with Gasteiger partial charge in [0.15, 0.2) is 0 Å². The minimum absolute atomic E-state index is 0.0557. The molecule has 1 N–H and O–H groups in total. The van der Waals surface area contributed by atoms with Crippen molar-refractivity contribution < 1.29 is 9.72 Å². The number of hydrogen-bond acceptors (Lipinski definition) is 3. The summed E-state index contributed by atoms with van der Waals surface area (Å²) in [4.78, 5) is 21.1. The minimum atomic E-state index is -0.418. The highest BCUT2D eigenvalue weighted by Crippen LogP contribution is 2.24. The molecule has 0 bridgehead atoms. The minimum Gasteiger partial charge on any atom is -0.356 e. The lowest BCUT2D eigenvalue weighted by molar-refractivity contribution is -0.385. The molecule has 0 unspecified atom stereocenters. The Morgan fingerprint density at radius 1 is 1.56 bits per heavy atom. The summed E-state index contributed by atoms with van der Waals surface area (Å²) in [6, 6.07) is 4.89. The van der Waals surface area contributed by atoms with Gasteiger partial charge in [-0.1, -0.05) is 28.1 Å². The maximum absolute atomic E-state index is 10.8. The number of halogens is 1. The maximum Gasteiger partial charge on any atom is 0.277 e. The fraction of sp³-hybridized carbons (Fsp3) is 0.250. The van der Waals surface area contributed by atoms with Crippen LogP contribution in [0.15, 0.2) is 28.7 Å². The maximum atomic E-state index is 10.8. The molecule has 0 aliphatic heterocycles. The van der Waals surface area contributed by atoms with Gasteiger partial charge >= 0.3 is 0 Å². The summed E-state index contributed by atoms with van der Waals surface area (Å²) >= 11 is 3.20. The van der Waals surface area contributed by atoms with Crippen LogP contribution >= 0.6 is 15.9 Å². The van der Waals surface area contributed by atoms with Crippen molar-refractivity contribution in [3.05, 3.63) is 44.4 Å². The van der Waals surface area contributed by atoms with Gasteiger partial charge in [-0.05, 0) is 18.6 Å². The first kappa shape index (κ1) is 14.4. The van der Waals surface area contributed by atoms with Gasteiger partial charge in [-0.15, -0.1) is 0 Å². The van der Waals surface area contributed by atoms with Crippen molar-refractivity contribution in [2.45, 2.75) is 13.3 Å². The fourth-order valence-electron chi connectivity index (χ4n) is 1.36. The lowest BCUT2D eigenvalue weighted by Gasteiger charge is -1.99. The van der Waals surface area contributed by atoms with Crippen molar-refractivity contribution >= 4 is 33.6 Å². The number of carbonyl (C=O) groups is 1. The number of hydrogen-bond donors (Lipinski definition) is 1. The third kappa shape index (κ3) is 4.67. The molecule has 0 saturated heterocycles. The molecule has 6 heteroatoms. The van der Waals surface area contributed by atoms with Gasteiger partial charge in [0.05, 0.1) is 10.5 Å². The summed E-state index contributed by atoms with van der Waals surface area (Å²) in [7, 11) is 0. The van der Waals surface area contributed by atoms with Crippen molar-refractivity contribution in [1.29, 1.82) is 0 Å². The van der Waals surface area contributed by atoms with Crippen LogP contribution in [0.5, 0.6) is 0 Å². The zero-order valence-corrected chi connectivity index (χ0v) is 11.4. The van der Waals surface area contributed by atoms with Crippen molar-refractivity contribution in [1.82, 2.24) is 5.32 Å². The predicted octanol–water partition coefficient (Wildman–Crippen LogP) is 2.90. The molecule has 18 heavy (non-hydrogen) atoms. The van der Waals surface area contributed by atoms with E-state index < -0.39 is 4.92 Å². The second-order valence-electron chi connectivity index (χ2n) is 3.63. The molecule has 0 heterocycles. The van der Waals surface area contributed by atoms with Crippen molar-refractivity contribution in [3.8, 4) is 0 Å². The zero-order valence-electron chi connectivity index (χ0n) is 9.85. The van der Waals surface area contributed by atoms with Crippen LogP contribution in [0.25, 0.3) is 6.08 Å². The summed E-state index contributed by atoms with van der Waals surface area (Å²) in [5.41, 5.74) is 0.603. The molecule has 0 atom stereocenters.